The number of para-hydroxylation sites is 1. The molecule has 2 rings (SSSR count). The number of benzene rings is 1. The van der Waals surface area contributed by atoms with Crippen LogP contribution in [0.2, 0.25) is 0 Å². The van der Waals surface area contributed by atoms with Gasteiger partial charge in [-0.2, -0.15) is 13.2 Å². The summed E-state index contributed by atoms with van der Waals surface area (Å²) in [5.41, 5.74) is 0. The second-order valence-electron chi connectivity index (χ2n) is 5.01. The Hall–Kier alpha value is -1.76. The Morgan fingerprint density at radius 1 is 1.29 bits per heavy atom. The number of carbonyl (C=O) groups is 1. The van der Waals surface area contributed by atoms with Crippen molar-refractivity contribution >= 4 is 5.97 Å². The molecule has 0 aliphatic carbocycles. The van der Waals surface area contributed by atoms with E-state index in [-0.39, 0.29) is 26.2 Å². The molecule has 0 aromatic heterocycles. The van der Waals surface area contributed by atoms with Crippen molar-refractivity contribution in [3.05, 3.63) is 30.3 Å². The van der Waals surface area contributed by atoms with Gasteiger partial charge in [0.2, 0.25) is 0 Å². The Morgan fingerprint density at radius 3 is 2.48 bits per heavy atom. The van der Waals surface area contributed by atoms with Gasteiger partial charge in [0.15, 0.2) is 0 Å². The average molecular weight is 303 g/mol. The fourth-order valence-electron chi connectivity index (χ4n) is 2.46. The second kappa shape index (κ2) is 6.34. The summed E-state index contributed by atoms with van der Waals surface area (Å²) in [7, 11) is 0. The second-order valence-corrected chi connectivity index (χ2v) is 5.01. The normalized spacial score (nSPS) is 23.2. The van der Waals surface area contributed by atoms with Crippen LogP contribution in [0.5, 0.6) is 5.75 Å². The fourth-order valence-corrected chi connectivity index (χ4v) is 2.46. The molecular weight excluding hydrogens is 287 g/mol. The first kappa shape index (κ1) is 15.6. The quantitative estimate of drug-likeness (QED) is 0.906. The molecule has 21 heavy (non-hydrogen) atoms. The van der Waals surface area contributed by atoms with Gasteiger partial charge in [0, 0.05) is 19.6 Å². The molecule has 1 aromatic carbocycles. The van der Waals surface area contributed by atoms with Crippen molar-refractivity contribution in [1.82, 2.24) is 4.90 Å². The molecule has 0 unspecified atom stereocenters. The first-order valence-corrected chi connectivity index (χ1v) is 6.57. The molecule has 0 bridgehead atoms. The van der Waals surface area contributed by atoms with Crippen molar-refractivity contribution in [2.75, 3.05) is 26.2 Å². The number of aliphatic carboxylic acids is 1. The van der Waals surface area contributed by atoms with Crippen LogP contribution in [0.4, 0.5) is 13.2 Å². The molecule has 0 amide bonds. The standard InChI is InChI=1S/C14H16F3NO3/c15-14(16,17)12-9-18(8-11(12)13(19)20)6-7-21-10-4-2-1-3-5-10/h1-5,11-12H,6-9H2,(H,19,20)/t11-,12-/m1/s1. The third-order valence-corrected chi connectivity index (χ3v) is 3.55. The SMILES string of the molecule is O=C(O)[C@@H]1CN(CCOc2ccccc2)C[C@H]1C(F)(F)F. The zero-order valence-electron chi connectivity index (χ0n) is 11.2. The highest BCUT2D eigenvalue weighted by Gasteiger charge is 2.52. The largest absolute Gasteiger partial charge is 0.492 e. The summed E-state index contributed by atoms with van der Waals surface area (Å²) in [5.74, 6) is -3.98. The van der Waals surface area contributed by atoms with Crippen LogP contribution in [0.3, 0.4) is 0 Å². The molecule has 1 heterocycles. The van der Waals surface area contributed by atoms with Crippen LogP contribution in [0.1, 0.15) is 0 Å². The number of likely N-dealkylation sites (tertiary alicyclic amines) is 1. The average Bonchev–Trinajstić information content (AvgIpc) is 2.84. The predicted molar refractivity (Wildman–Crippen MR) is 69.0 cm³/mol. The summed E-state index contributed by atoms with van der Waals surface area (Å²) in [4.78, 5) is 12.4. The molecule has 1 fully saturated rings. The molecule has 2 atom stereocenters. The molecular formula is C14H16F3NO3. The molecule has 4 nitrogen and oxygen atoms in total. The highest BCUT2D eigenvalue weighted by molar-refractivity contribution is 5.71. The van der Waals surface area contributed by atoms with Gasteiger partial charge in [-0.15, -0.1) is 0 Å². The lowest BCUT2D eigenvalue weighted by Crippen LogP contribution is -2.33. The maximum absolute atomic E-state index is 12.8. The number of hydrogen-bond donors (Lipinski definition) is 1. The molecule has 0 saturated carbocycles. The number of hydrogen-bond acceptors (Lipinski definition) is 3. The third kappa shape index (κ3) is 4.10. The lowest BCUT2D eigenvalue weighted by molar-refractivity contribution is -0.188. The van der Waals surface area contributed by atoms with Crippen molar-refractivity contribution in [2.45, 2.75) is 6.18 Å². The van der Waals surface area contributed by atoms with Gasteiger partial charge in [-0.3, -0.25) is 9.69 Å². The van der Waals surface area contributed by atoms with E-state index in [1.54, 1.807) is 24.3 Å². The minimum Gasteiger partial charge on any atom is -0.492 e. The predicted octanol–water partition coefficient (Wildman–Crippen LogP) is 2.26. The molecule has 1 N–H and O–H groups in total. The Balaban J connectivity index is 1.86. The van der Waals surface area contributed by atoms with Gasteiger partial charge in [-0.25, -0.2) is 0 Å². The van der Waals surface area contributed by atoms with E-state index in [9.17, 15) is 18.0 Å². The molecule has 1 aliphatic heterocycles. The first-order valence-electron chi connectivity index (χ1n) is 6.57. The van der Waals surface area contributed by atoms with E-state index in [1.807, 2.05) is 6.07 Å². The minimum atomic E-state index is -4.49. The monoisotopic (exact) mass is 303 g/mol. The van der Waals surface area contributed by atoms with Crippen LogP contribution in [0.25, 0.3) is 0 Å². The number of nitrogens with zero attached hydrogens (tertiary/aromatic N) is 1. The van der Waals surface area contributed by atoms with Crippen LogP contribution < -0.4 is 4.74 Å². The van der Waals surface area contributed by atoms with E-state index in [4.69, 9.17) is 9.84 Å². The highest BCUT2D eigenvalue weighted by atomic mass is 19.4. The topological polar surface area (TPSA) is 49.8 Å². The Morgan fingerprint density at radius 2 is 1.95 bits per heavy atom. The van der Waals surface area contributed by atoms with Gasteiger partial charge in [-0.1, -0.05) is 18.2 Å². The Labute approximate surface area is 120 Å². The number of carboxylic acid groups (broad SMARTS) is 1. The van der Waals surface area contributed by atoms with Crippen molar-refractivity contribution in [1.29, 1.82) is 0 Å². The maximum atomic E-state index is 12.8. The smallest absolute Gasteiger partial charge is 0.393 e. The van der Waals surface area contributed by atoms with Gasteiger partial charge in [0.25, 0.3) is 0 Å². The maximum Gasteiger partial charge on any atom is 0.393 e. The lowest BCUT2D eigenvalue weighted by Gasteiger charge is -2.18. The van der Waals surface area contributed by atoms with Crippen LogP contribution >= 0.6 is 0 Å². The molecule has 1 aromatic rings. The fraction of sp³-hybridized carbons (Fsp3) is 0.500. The van der Waals surface area contributed by atoms with E-state index >= 15 is 0 Å². The molecule has 7 heteroatoms. The van der Waals surface area contributed by atoms with E-state index in [0.717, 1.165) is 0 Å². The van der Waals surface area contributed by atoms with Crippen LogP contribution in [0.15, 0.2) is 30.3 Å². The Bertz CT molecular complexity index is 478. The summed E-state index contributed by atoms with van der Waals surface area (Å²) in [5, 5.41) is 8.91. The van der Waals surface area contributed by atoms with Gasteiger partial charge >= 0.3 is 12.1 Å². The van der Waals surface area contributed by atoms with E-state index in [2.05, 4.69) is 0 Å². The van der Waals surface area contributed by atoms with E-state index in [1.165, 1.54) is 4.90 Å². The zero-order valence-corrected chi connectivity index (χ0v) is 11.2. The Kier molecular flexibility index (Phi) is 4.72. The summed E-state index contributed by atoms with van der Waals surface area (Å²) >= 11 is 0. The van der Waals surface area contributed by atoms with E-state index in [0.29, 0.717) is 5.75 Å². The number of halogens is 3. The van der Waals surface area contributed by atoms with Crippen LogP contribution in [0, 0.1) is 11.8 Å². The zero-order chi connectivity index (χ0) is 15.5. The van der Waals surface area contributed by atoms with Crippen molar-refractivity contribution < 1.29 is 27.8 Å². The van der Waals surface area contributed by atoms with Gasteiger partial charge in [0.05, 0.1) is 11.8 Å². The number of rotatable bonds is 5. The number of ether oxygens (including phenoxy) is 1. The van der Waals surface area contributed by atoms with Gasteiger partial charge in [-0.05, 0) is 12.1 Å². The van der Waals surface area contributed by atoms with Crippen LogP contribution in [-0.4, -0.2) is 48.4 Å². The third-order valence-electron chi connectivity index (χ3n) is 3.55. The number of alkyl halides is 3. The van der Waals surface area contributed by atoms with Gasteiger partial charge in [0.1, 0.15) is 12.4 Å². The molecule has 1 aliphatic rings. The summed E-state index contributed by atoms with van der Waals surface area (Å²) < 4.78 is 43.8. The minimum absolute atomic E-state index is 0.0995. The summed E-state index contributed by atoms with van der Waals surface area (Å²) in [6.07, 6.45) is -4.49. The molecule has 0 radical (unpaired) electrons. The lowest BCUT2D eigenvalue weighted by atomic mass is 9.96. The molecule has 116 valence electrons. The van der Waals surface area contributed by atoms with Gasteiger partial charge < -0.3 is 9.84 Å². The van der Waals surface area contributed by atoms with Crippen molar-refractivity contribution in [3.63, 3.8) is 0 Å². The molecule has 1 saturated heterocycles. The number of carboxylic acids is 1. The van der Waals surface area contributed by atoms with E-state index < -0.39 is 24.0 Å². The first-order chi connectivity index (χ1) is 9.88. The summed E-state index contributed by atoms with van der Waals surface area (Å²) in [6, 6.07) is 8.93. The van der Waals surface area contributed by atoms with Crippen molar-refractivity contribution in [3.8, 4) is 5.75 Å². The summed E-state index contributed by atoms with van der Waals surface area (Å²) in [6.45, 7) is 0.0997. The highest BCUT2D eigenvalue weighted by Crippen LogP contribution is 2.37. The van der Waals surface area contributed by atoms with Crippen LogP contribution in [-0.2, 0) is 4.79 Å². The van der Waals surface area contributed by atoms with Crippen molar-refractivity contribution in [2.24, 2.45) is 11.8 Å². The molecule has 0 spiro atoms.